The fourth-order valence-electron chi connectivity index (χ4n) is 3.93. The highest BCUT2D eigenvalue weighted by molar-refractivity contribution is 7.13. The van der Waals surface area contributed by atoms with Crippen molar-refractivity contribution in [2.24, 2.45) is 0 Å². The number of urea groups is 1. The third-order valence-corrected chi connectivity index (χ3v) is 6.26. The van der Waals surface area contributed by atoms with Gasteiger partial charge in [0.15, 0.2) is 5.13 Å². The molecule has 0 bridgehead atoms. The van der Waals surface area contributed by atoms with E-state index in [2.05, 4.69) is 39.9 Å². The lowest BCUT2D eigenvalue weighted by atomic mass is 9.71. The largest absolute Gasteiger partial charge is 0.497 e. The Morgan fingerprint density at radius 3 is 2.34 bits per heavy atom. The van der Waals surface area contributed by atoms with Crippen molar-refractivity contribution < 1.29 is 19.4 Å². The minimum atomic E-state index is -0.250. The zero-order valence-electron chi connectivity index (χ0n) is 17.7. The molecule has 1 aliphatic rings. The Kier molecular flexibility index (Phi) is 7.67. The van der Waals surface area contributed by atoms with Crippen molar-refractivity contribution in [2.45, 2.75) is 18.3 Å². The van der Waals surface area contributed by atoms with Gasteiger partial charge in [0.2, 0.25) is 0 Å². The van der Waals surface area contributed by atoms with Crippen LogP contribution in [-0.4, -0.2) is 47.7 Å². The van der Waals surface area contributed by atoms with Gasteiger partial charge in [-0.3, -0.25) is 4.79 Å². The molecule has 1 fully saturated rings. The maximum atomic E-state index is 12.8. The molecule has 0 saturated carbocycles. The van der Waals surface area contributed by atoms with E-state index in [-0.39, 0.29) is 17.9 Å². The van der Waals surface area contributed by atoms with Gasteiger partial charge in [0.1, 0.15) is 5.75 Å². The van der Waals surface area contributed by atoms with Gasteiger partial charge in [-0.1, -0.05) is 30.3 Å². The molecule has 32 heavy (non-hydrogen) atoms. The number of nitrogens with two attached hydrogens (primary N) is 1. The summed E-state index contributed by atoms with van der Waals surface area (Å²) < 4.78 is 5.16. The van der Waals surface area contributed by atoms with Crippen LogP contribution in [0.2, 0.25) is 0 Å². The molecule has 0 atom stereocenters. The summed E-state index contributed by atoms with van der Waals surface area (Å²) in [5.74, 6) is 0.760. The molecule has 0 aliphatic carbocycles. The van der Waals surface area contributed by atoms with Crippen molar-refractivity contribution >= 4 is 34.7 Å². The standard InChI is InChI=1S/C22H24N4O2S.CH2O2/c1-28-18-9-7-17(8-10-18)24-21(27)26-13-11-22(12-14-26,16-5-3-2-4-6-16)19-15-29-20(23)25-19;2-1-3/h2-10,15H,11-14H2,1H3,(H2,23,25)(H,24,27);1H,(H,2,3). The van der Waals surface area contributed by atoms with E-state index < -0.39 is 0 Å². The molecule has 8 nitrogen and oxygen atoms in total. The highest BCUT2D eigenvalue weighted by atomic mass is 32.1. The maximum absolute atomic E-state index is 12.8. The zero-order valence-corrected chi connectivity index (χ0v) is 18.5. The molecule has 1 aliphatic heterocycles. The first kappa shape index (κ1) is 23.1. The van der Waals surface area contributed by atoms with E-state index in [0.717, 1.165) is 30.0 Å². The second-order valence-electron chi connectivity index (χ2n) is 7.27. The number of carbonyl (C=O) groups excluding carboxylic acids is 1. The third kappa shape index (κ3) is 5.17. The molecule has 168 valence electrons. The predicted molar refractivity (Wildman–Crippen MR) is 125 cm³/mol. The van der Waals surface area contributed by atoms with Gasteiger partial charge in [-0.05, 0) is 42.7 Å². The van der Waals surface area contributed by atoms with Crippen molar-refractivity contribution in [3.05, 3.63) is 71.2 Å². The van der Waals surface area contributed by atoms with Gasteiger partial charge in [0.05, 0.1) is 12.8 Å². The number of anilines is 2. The van der Waals surface area contributed by atoms with Crippen LogP contribution in [0.3, 0.4) is 0 Å². The molecule has 2 amide bonds. The van der Waals surface area contributed by atoms with Gasteiger partial charge in [-0.2, -0.15) is 0 Å². The Morgan fingerprint density at radius 2 is 1.81 bits per heavy atom. The van der Waals surface area contributed by atoms with Crippen molar-refractivity contribution in [3.8, 4) is 5.75 Å². The summed E-state index contributed by atoms with van der Waals surface area (Å²) in [6, 6.07) is 17.7. The summed E-state index contributed by atoms with van der Waals surface area (Å²) >= 11 is 1.47. The fourth-order valence-corrected chi connectivity index (χ4v) is 4.59. The number of methoxy groups -OCH3 is 1. The monoisotopic (exact) mass is 454 g/mol. The average molecular weight is 455 g/mol. The van der Waals surface area contributed by atoms with E-state index >= 15 is 0 Å². The number of carbonyl (C=O) groups is 2. The number of nitrogens with one attached hydrogen (secondary N) is 1. The fraction of sp³-hybridized carbons (Fsp3) is 0.261. The number of hydrogen-bond acceptors (Lipinski definition) is 6. The Bertz CT molecular complexity index is 1020. The van der Waals surface area contributed by atoms with E-state index in [4.69, 9.17) is 20.4 Å². The van der Waals surface area contributed by atoms with Crippen LogP contribution < -0.4 is 15.8 Å². The summed E-state index contributed by atoms with van der Waals surface area (Å²) in [7, 11) is 1.62. The number of ether oxygens (including phenoxy) is 1. The minimum absolute atomic E-state index is 0.0883. The second-order valence-corrected chi connectivity index (χ2v) is 8.16. The van der Waals surface area contributed by atoms with E-state index in [1.807, 2.05) is 35.2 Å². The number of rotatable bonds is 4. The summed E-state index contributed by atoms with van der Waals surface area (Å²) in [6.45, 7) is 1.04. The minimum Gasteiger partial charge on any atom is -0.497 e. The van der Waals surface area contributed by atoms with Gasteiger partial charge in [0, 0.05) is 29.6 Å². The van der Waals surface area contributed by atoms with Crippen LogP contribution in [-0.2, 0) is 10.2 Å². The smallest absolute Gasteiger partial charge is 0.321 e. The SMILES string of the molecule is COc1ccc(NC(=O)N2CCC(c3ccccc3)(c3csc(N)n3)CC2)cc1.O=CO. The molecule has 4 rings (SSSR count). The second kappa shape index (κ2) is 10.6. The average Bonchev–Trinajstić information content (AvgIpc) is 3.27. The number of benzene rings is 2. The predicted octanol–water partition coefficient (Wildman–Crippen LogP) is 4.05. The lowest BCUT2D eigenvalue weighted by Crippen LogP contribution is -2.47. The van der Waals surface area contributed by atoms with Crippen LogP contribution in [0, 0.1) is 0 Å². The molecule has 4 N–H and O–H groups in total. The summed E-state index contributed by atoms with van der Waals surface area (Å²) in [5, 5.41) is 12.5. The van der Waals surface area contributed by atoms with Crippen LogP contribution in [0.4, 0.5) is 15.6 Å². The number of hydrogen-bond donors (Lipinski definition) is 3. The molecule has 0 spiro atoms. The molecule has 0 radical (unpaired) electrons. The van der Waals surface area contributed by atoms with Crippen LogP contribution in [0.25, 0.3) is 0 Å². The number of piperidine rings is 1. The van der Waals surface area contributed by atoms with E-state index in [1.165, 1.54) is 16.9 Å². The van der Waals surface area contributed by atoms with Gasteiger partial charge >= 0.3 is 6.03 Å². The molecule has 2 aromatic carbocycles. The van der Waals surface area contributed by atoms with Gasteiger partial charge < -0.3 is 25.8 Å². The van der Waals surface area contributed by atoms with Gasteiger partial charge in [-0.15, -0.1) is 11.3 Å². The van der Waals surface area contributed by atoms with Gasteiger partial charge in [-0.25, -0.2) is 9.78 Å². The zero-order chi connectivity index (χ0) is 23.0. The Morgan fingerprint density at radius 1 is 1.19 bits per heavy atom. The number of aromatic nitrogens is 1. The molecular formula is C23H26N4O4S. The van der Waals surface area contributed by atoms with E-state index in [0.29, 0.717) is 18.2 Å². The Hall–Kier alpha value is -3.59. The lowest BCUT2D eigenvalue weighted by Gasteiger charge is -2.41. The lowest BCUT2D eigenvalue weighted by molar-refractivity contribution is -0.122. The summed E-state index contributed by atoms with van der Waals surface area (Å²) in [5.41, 5.74) is 8.69. The number of carboxylic acid groups (broad SMARTS) is 1. The normalized spacial score (nSPS) is 14.6. The summed E-state index contributed by atoms with van der Waals surface area (Å²) in [6.07, 6.45) is 1.60. The highest BCUT2D eigenvalue weighted by Gasteiger charge is 2.40. The molecular weight excluding hydrogens is 428 g/mol. The quantitative estimate of drug-likeness (QED) is 0.512. The number of thiazole rings is 1. The molecule has 1 saturated heterocycles. The molecule has 2 heterocycles. The molecule has 3 aromatic rings. The first-order valence-corrected chi connectivity index (χ1v) is 10.9. The van der Waals surface area contributed by atoms with Crippen LogP contribution >= 0.6 is 11.3 Å². The first-order chi connectivity index (χ1) is 15.5. The molecule has 9 heteroatoms. The van der Waals surface area contributed by atoms with Crippen LogP contribution in [0.5, 0.6) is 5.75 Å². The number of amides is 2. The van der Waals surface area contributed by atoms with Crippen molar-refractivity contribution in [3.63, 3.8) is 0 Å². The van der Waals surface area contributed by atoms with E-state index in [9.17, 15) is 4.79 Å². The number of nitrogens with zero attached hydrogens (tertiary/aromatic N) is 2. The number of nitrogen functional groups attached to an aromatic ring is 1. The van der Waals surface area contributed by atoms with Crippen molar-refractivity contribution in [1.29, 1.82) is 0 Å². The molecule has 1 aromatic heterocycles. The Balaban J connectivity index is 0.000000913. The first-order valence-electron chi connectivity index (χ1n) is 10.1. The highest BCUT2D eigenvalue weighted by Crippen LogP contribution is 2.42. The van der Waals surface area contributed by atoms with Crippen molar-refractivity contribution in [1.82, 2.24) is 9.88 Å². The molecule has 0 unspecified atom stereocenters. The van der Waals surface area contributed by atoms with Gasteiger partial charge in [0.25, 0.3) is 6.47 Å². The Labute approximate surface area is 190 Å². The van der Waals surface area contributed by atoms with Crippen LogP contribution in [0.1, 0.15) is 24.1 Å². The maximum Gasteiger partial charge on any atom is 0.321 e. The van der Waals surface area contributed by atoms with Crippen molar-refractivity contribution in [2.75, 3.05) is 31.2 Å². The number of likely N-dealkylation sites (tertiary alicyclic amines) is 1. The third-order valence-electron chi connectivity index (χ3n) is 5.58. The topological polar surface area (TPSA) is 118 Å². The van der Waals surface area contributed by atoms with Crippen LogP contribution in [0.15, 0.2) is 60.0 Å². The summed E-state index contributed by atoms with van der Waals surface area (Å²) in [4.78, 5) is 27.6. The van der Waals surface area contributed by atoms with E-state index in [1.54, 1.807) is 7.11 Å².